The van der Waals surface area contributed by atoms with E-state index in [0.717, 1.165) is 39.4 Å². The minimum absolute atomic E-state index is 0.713. The van der Waals surface area contributed by atoms with Gasteiger partial charge in [0.2, 0.25) is 0 Å². The van der Waals surface area contributed by atoms with Gasteiger partial charge in [0.1, 0.15) is 5.75 Å². The summed E-state index contributed by atoms with van der Waals surface area (Å²) in [6, 6.07) is 35.0. The first kappa shape index (κ1) is 19.3. The van der Waals surface area contributed by atoms with Crippen molar-refractivity contribution in [3.8, 4) is 39.4 Å². The molecule has 150 valence electrons. The van der Waals surface area contributed by atoms with Crippen LogP contribution in [0.4, 0.5) is 0 Å². The van der Waals surface area contributed by atoms with E-state index in [0.29, 0.717) is 5.02 Å². The van der Waals surface area contributed by atoms with Crippen molar-refractivity contribution < 1.29 is 4.74 Å². The van der Waals surface area contributed by atoms with Crippen molar-refractivity contribution in [1.82, 2.24) is 4.98 Å². The van der Waals surface area contributed by atoms with Crippen LogP contribution in [-0.4, -0.2) is 12.1 Å². The number of aromatic nitrogens is 1. The Kier molecular flexibility index (Phi) is 5.15. The lowest BCUT2D eigenvalue weighted by atomic mass is 9.98. The third kappa shape index (κ3) is 4.03. The Hall–Kier alpha value is -3.62. The summed E-state index contributed by atoms with van der Waals surface area (Å²) in [5.41, 5.74) is 6.18. The minimum Gasteiger partial charge on any atom is -0.497 e. The Bertz CT molecular complexity index is 1360. The molecule has 31 heavy (non-hydrogen) atoms. The summed E-state index contributed by atoms with van der Waals surface area (Å²) in [6.07, 6.45) is 0. The van der Waals surface area contributed by atoms with Gasteiger partial charge in [0.05, 0.1) is 18.5 Å². The average molecular weight is 422 g/mol. The molecule has 0 aliphatic heterocycles. The number of pyridine rings is 1. The third-order valence-electron chi connectivity index (χ3n) is 5.43. The normalized spacial score (nSPS) is 10.9. The van der Waals surface area contributed by atoms with Gasteiger partial charge in [0.25, 0.3) is 0 Å². The summed E-state index contributed by atoms with van der Waals surface area (Å²) in [6.45, 7) is 0. The van der Waals surface area contributed by atoms with Gasteiger partial charge in [0.15, 0.2) is 0 Å². The maximum absolute atomic E-state index is 6.11. The Balaban J connectivity index is 1.68. The van der Waals surface area contributed by atoms with Crippen molar-refractivity contribution in [1.29, 1.82) is 0 Å². The highest BCUT2D eigenvalue weighted by Crippen LogP contribution is 2.32. The zero-order chi connectivity index (χ0) is 21.2. The van der Waals surface area contributed by atoms with E-state index in [1.54, 1.807) is 7.11 Å². The molecule has 4 aromatic carbocycles. The second-order valence-corrected chi connectivity index (χ2v) is 7.86. The van der Waals surface area contributed by atoms with Crippen LogP contribution in [0.1, 0.15) is 0 Å². The molecule has 0 spiro atoms. The number of methoxy groups -OCH3 is 1. The van der Waals surface area contributed by atoms with E-state index >= 15 is 0 Å². The maximum Gasteiger partial charge on any atom is 0.118 e. The maximum atomic E-state index is 6.11. The van der Waals surface area contributed by atoms with Crippen molar-refractivity contribution in [2.45, 2.75) is 0 Å². The number of ether oxygens (including phenoxy) is 1. The highest BCUT2D eigenvalue weighted by Gasteiger charge is 2.10. The average Bonchev–Trinajstić information content (AvgIpc) is 2.84. The molecule has 0 aliphatic carbocycles. The van der Waals surface area contributed by atoms with Crippen LogP contribution in [-0.2, 0) is 0 Å². The van der Waals surface area contributed by atoms with Gasteiger partial charge < -0.3 is 4.74 Å². The summed E-state index contributed by atoms with van der Waals surface area (Å²) in [4.78, 5) is 5.00. The Morgan fingerprint density at radius 1 is 0.581 bits per heavy atom. The van der Waals surface area contributed by atoms with Gasteiger partial charge in [-0.05, 0) is 64.4 Å². The van der Waals surface area contributed by atoms with Gasteiger partial charge in [-0.3, -0.25) is 0 Å². The lowest BCUT2D eigenvalue weighted by Crippen LogP contribution is -1.91. The Labute approximate surface area is 186 Å². The summed E-state index contributed by atoms with van der Waals surface area (Å²) in [5.74, 6) is 0.838. The van der Waals surface area contributed by atoms with E-state index in [4.69, 9.17) is 21.3 Å². The van der Waals surface area contributed by atoms with E-state index in [1.807, 2.05) is 36.4 Å². The monoisotopic (exact) mass is 421 g/mol. The molecule has 0 atom stereocenters. The van der Waals surface area contributed by atoms with Crippen molar-refractivity contribution in [2.24, 2.45) is 0 Å². The van der Waals surface area contributed by atoms with E-state index < -0.39 is 0 Å². The fourth-order valence-corrected chi connectivity index (χ4v) is 3.87. The Morgan fingerprint density at radius 2 is 1.19 bits per heavy atom. The van der Waals surface area contributed by atoms with E-state index in [9.17, 15) is 0 Å². The quantitative estimate of drug-likeness (QED) is 0.294. The second kappa shape index (κ2) is 8.25. The first-order valence-corrected chi connectivity index (χ1v) is 10.5. The number of benzene rings is 4. The fraction of sp³-hybridized carbons (Fsp3) is 0.0357. The molecule has 0 bridgehead atoms. The first-order chi connectivity index (χ1) is 15.2. The molecule has 0 saturated heterocycles. The smallest absolute Gasteiger partial charge is 0.118 e. The highest BCUT2D eigenvalue weighted by atomic mass is 35.5. The molecule has 0 aliphatic rings. The van der Waals surface area contributed by atoms with Gasteiger partial charge in [-0.15, -0.1) is 0 Å². The van der Waals surface area contributed by atoms with Gasteiger partial charge >= 0.3 is 0 Å². The fourth-order valence-electron chi connectivity index (χ4n) is 3.75. The molecule has 0 fully saturated rings. The van der Waals surface area contributed by atoms with Crippen LogP contribution in [0.15, 0.2) is 103 Å². The molecule has 0 unspecified atom stereocenters. The molecule has 3 heteroatoms. The van der Waals surface area contributed by atoms with Crippen LogP contribution in [0.3, 0.4) is 0 Å². The van der Waals surface area contributed by atoms with E-state index in [-0.39, 0.29) is 0 Å². The van der Waals surface area contributed by atoms with Crippen LogP contribution in [0.25, 0.3) is 44.4 Å². The zero-order valence-electron chi connectivity index (χ0n) is 17.0. The molecule has 0 saturated carbocycles. The first-order valence-electron chi connectivity index (χ1n) is 10.1. The number of nitrogens with zero attached hydrogens (tertiary/aromatic N) is 1. The molecule has 0 N–H and O–H groups in total. The molecule has 0 amide bonds. The van der Waals surface area contributed by atoms with Gasteiger partial charge in [-0.25, -0.2) is 4.98 Å². The molecule has 5 rings (SSSR count). The number of halogens is 1. The number of hydrogen-bond donors (Lipinski definition) is 0. The van der Waals surface area contributed by atoms with Gasteiger partial charge in [-0.1, -0.05) is 72.3 Å². The largest absolute Gasteiger partial charge is 0.497 e. The van der Waals surface area contributed by atoms with Crippen molar-refractivity contribution in [3.63, 3.8) is 0 Å². The van der Waals surface area contributed by atoms with Crippen molar-refractivity contribution >= 4 is 22.4 Å². The van der Waals surface area contributed by atoms with E-state index in [1.165, 1.54) is 10.8 Å². The summed E-state index contributed by atoms with van der Waals surface area (Å²) >= 11 is 6.11. The standard InChI is InChI=1S/C28H20ClNO/c1-31-26-14-10-20(11-15-26)24-17-27(21-8-12-25(29)13-9-21)30-28(18-24)23-7-6-19-4-2-3-5-22(19)16-23/h2-18H,1H3. The van der Waals surface area contributed by atoms with Crippen LogP contribution >= 0.6 is 11.6 Å². The molecule has 1 aromatic heterocycles. The molecule has 0 radical (unpaired) electrons. The molecule has 1 heterocycles. The van der Waals surface area contributed by atoms with Crippen LogP contribution in [0, 0.1) is 0 Å². The van der Waals surface area contributed by atoms with Crippen molar-refractivity contribution in [2.75, 3.05) is 7.11 Å². The number of hydrogen-bond acceptors (Lipinski definition) is 2. The molecule has 5 aromatic rings. The van der Waals surface area contributed by atoms with Crippen molar-refractivity contribution in [3.05, 3.63) is 108 Å². The van der Waals surface area contributed by atoms with Crippen LogP contribution in [0.2, 0.25) is 5.02 Å². The summed E-state index contributed by atoms with van der Waals surface area (Å²) in [5, 5.41) is 3.13. The second-order valence-electron chi connectivity index (χ2n) is 7.42. The summed E-state index contributed by atoms with van der Waals surface area (Å²) in [7, 11) is 1.68. The highest BCUT2D eigenvalue weighted by molar-refractivity contribution is 6.30. The Morgan fingerprint density at radius 3 is 1.90 bits per heavy atom. The predicted octanol–water partition coefficient (Wildman–Crippen LogP) is 7.90. The van der Waals surface area contributed by atoms with Gasteiger partial charge in [0, 0.05) is 16.1 Å². The van der Waals surface area contributed by atoms with Gasteiger partial charge in [-0.2, -0.15) is 0 Å². The lowest BCUT2D eigenvalue weighted by Gasteiger charge is -2.11. The topological polar surface area (TPSA) is 22.1 Å². The number of rotatable bonds is 4. The summed E-state index contributed by atoms with van der Waals surface area (Å²) < 4.78 is 5.32. The van der Waals surface area contributed by atoms with E-state index in [2.05, 4.69) is 66.7 Å². The predicted molar refractivity (Wildman–Crippen MR) is 130 cm³/mol. The van der Waals surface area contributed by atoms with Crippen LogP contribution < -0.4 is 4.74 Å². The number of fused-ring (bicyclic) bond motifs is 1. The molecular formula is C28H20ClNO. The molecular weight excluding hydrogens is 402 g/mol. The minimum atomic E-state index is 0.713. The SMILES string of the molecule is COc1ccc(-c2cc(-c3ccc(Cl)cc3)nc(-c3ccc4ccccc4c3)c2)cc1. The lowest BCUT2D eigenvalue weighted by molar-refractivity contribution is 0.415. The molecule has 2 nitrogen and oxygen atoms in total. The zero-order valence-corrected chi connectivity index (χ0v) is 17.8. The van der Waals surface area contributed by atoms with Crippen LogP contribution in [0.5, 0.6) is 5.75 Å². The third-order valence-corrected chi connectivity index (χ3v) is 5.69.